The minimum atomic E-state index is 0.273. The number of nitrogens with zero attached hydrogens (tertiary/aromatic N) is 3. The van der Waals surface area contributed by atoms with Crippen molar-refractivity contribution in [1.82, 2.24) is 14.6 Å². The lowest BCUT2D eigenvalue weighted by Gasteiger charge is -2.08. The molecule has 0 amide bonds. The number of methoxy groups -OCH3 is 2. The van der Waals surface area contributed by atoms with Crippen LogP contribution in [-0.2, 0) is 6.54 Å². The number of rotatable bonds is 6. The van der Waals surface area contributed by atoms with Crippen molar-refractivity contribution in [2.45, 2.75) is 6.54 Å². The minimum absolute atomic E-state index is 0.273. The number of fused-ring (bicyclic) bond motifs is 2. The molecule has 1 N–H and O–H groups in total. The van der Waals surface area contributed by atoms with Crippen molar-refractivity contribution in [2.24, 2.45) is 0 Å². The molecule has 0 spiro atoms. The largest absolute Gasteiger partial charge is 0.493 e. The summed E-state index contributed by atoms with van der Waals surface area (Å²) in [4.78, 5) is 5.29. The van der Waals surface area contributed by atoms with E-state index in [-0.39, 0.29) is 6.79 Å². The predicted molar refractivity (Wildman–Crippen MR) is 109 cm³/mol. The van der Waals surface area contributed by atoms with Crippen LogP contribution in [0.1, 0.15) is 5.56 Å². The highest BCUT2D eigenvalue weighted by atomic mass is 32.1. The predicted octanol–water partition coefficient (Wildman–Crippen LogP) is 3.82. The molecule has 1 aliphatic rings. The van der Waals surface area contributed by atoms with E-state index < -0.39 is 0 Å². The van der Waals surface area contributed by atoms with Gasteiger partial charge in [0.05, 0.1) is 26.1 Å². The molecule has 148 valence electrons. The topological polar surface area (TPSA) is 79.1 Å². The van der Waals surface area contributed by atoms with Crippen LogP contribution in [0.5, 0.6) is 23.0 Å². The first-order valence-electron chi connectivity index (χ1n) is 8.94. The fourth-order valence-electron chi connectivity index (χ4n) is 3.19. The fourth-order valence-corrected chi connectivity index (χ4v) is 3.96. The molecule has 0 radical (unpaired) electrons. The third-order valence-corrected chi connectivity index (χ3v) is 5.53. The zero-order valence-corrected chi connectivity index (χ0v) is 16.7. The molecule has 29 heavy (non-hydrogen) atoms. The molecule has 5 rings (SSSR count). The lowest BCUT2D eigenvalue weighted by Crippen LogP contribution is -2.00. The van der Waals surface area contributed by atoms with Gasteiger partial charge in [0.15, 0.2) is 23.0 Å². The Bertz CT molecular complexity index is 1190. The van der Waals surface area contributed by atoms with Gasteiger partial charge < -0.3 is 24.3 Å². The van der Waals surface area contributed by atoms with Crippen LogP contribution in [0.2, 0.25) is 0 Å². The van der Waals surface area contributed by atoms with Gasteiger partial charge in [0.25, 0.3) is 0 Å². The van der Waals surface area contributed by atoms with Gasteiger partial charge in [-0.05, 0) is 35.9 Å². The molecule has 3 heterocycles. The highest BCUT2D eigenvalue weighted by Crippen LogP contribution is 2.34. The summed E-state index contributed by atoms with van der Waals surface area (Å²) in [6.07, 6.45) is 1.81. The maximum atomic E-state index is 5.43. The van der Waals surface area contributed by atoms with Crippen LogP contribution >= 0.6 is 11.3 Å². The fraction of sp³-hybridized carbons (Fsp3) is 0.200. The number of benzene rings is 2. The first kappa shape index (κ1) is 17.6. The summed E-state index contributed by atoms with van der Waals surface area (Å²) in [6, 6.07) is 11.7. The number of ether oxygens (including phenoxy) is 4. The Morgan fingerprint density at radius 1 is 1.07 bits per heavy atom. The van der Waals surface area contributed by atoms with Crippen LogP contribution in [0.4, 0.5) is 5.13 Å². The highest BCUT2D eigenvalue weighted by molar-refractivity contribution is 7.20. The lowest BCUT2D eigenvalue weighted by molar-refractivity contribution is 0.174. The Hall–Kier alpha value is -3.46. The monoisotopic (exact) mass is 410 g/mol. The first-order chi connectivity index (χ1) is 14.2. The van der Waals surface area contributed by atoms with Gasteiger partial charge in [0, 0.05) is 12.1 Å². The van der Waals surface area contributed by atoms with Crippen LogP contribution in [0.15, 0.2) is 42.6 Å². The summed E-state index contributed by atoms with van der Waals surface area (Å²) in [5.74, 6) is 2.90. The quantitative estimate of drug-likeness (QED) is 0.518. The Labute approximate surface area is 170 Å². The smallest absolute Gasteiger partial charge is 0.231 e. The first-order valence-corrected chi connectivity index (χ1v) is 9.76. The molecular weight excluding hydrogens is 392 g/mol. The van der Waals surface area contributed by atoms with Gasteiger partial charge in [0.1, 0.15) is 0 Å². The van der Waals surface area contributed by atoms with Gasteiger partial charge in [-0.25, -0.2) is 9.50 Å². The van der Waals surface area contributed by atoms with Crippen LogP contribution in [0.25, 0.3) is 16.2 Å². The molecule has 2 aromatic carbocycles. The summed E-state index contributed by atoms with van der Waals surface area (Å²) in [5, 5.41) is 8.81. The standard InChI is InChI=1S/C20H18N4O4S/c1-25-15-6-4-13(8-17(15)26-2)14-10-22-20-24(14)23-19(29-20)21-9-12-3-5-16-18(7-12)28-11-27-16/h3-8,10H,9,11H2,1-2H3,(H,21,23). The van der Waals surface area contributed by atoms with Gasteiger partial charge >= 0.3 is 0 Å². The molecule has 0 atom stereocenters. The van der Waals surface area contributed by atoms with E-state index in [0.717, 1.165) is 38.4 Å². The van der Waals surface area contributed by atoms with Crippen LogP contribution in [-0.4, -0.2) is 35.6 Å². The van der Waals surface area contributed by atoms with Gasteiger partial charge in [-0.3, -0.25) is 0 Å². The zero-order chi connectivity index (χ0) is 19.8. The van der Waals surface area contributed by atoms with Gasteiger partial charge in [-0.2, -0.15) is 0 Å². The molecule has 2 aromatic heterocycles. The number of imidazole rings is 1. The third-order valence-electron chi connectivity index (χ3n) is 4.65. The lowest BCUT2D eigenvalue weighted by atomic mass is 10.1. The van der Waals surface area contributed by atoms with Crippen LogP contribution in [0.3, 0.4) is 0 Å². The summed E-state index contributed by atoms with van der Waals surface area (Å²) in [6.45, 7) is 0.897. The number of hydrogen-bond donors (Lipinski definition) is 1. The number of nitrogens with one attached hydrogen (secondary N) is 1. The van der Waals surface area contributed by atoms with Crippen LogP contribution in [0, 0.1) is 0 Å². The van der Waals surface area contributed by atoms with E-state index >= 15 is 0 Å². The molecule has 8 nitrogen and oxygen atoms in total. The molecule has 0 saturated carbocycles. The van der Waals surface area contributed by atoms with E-state index in [1.165, 1.54) is 11.3 Å². The molecule has 0 saturated heterocycles. The maximum absolute atomic E-state index is 5.43. The molecule has 4 aromatic rings. The highest BCUT2D eigenvalue weighted by Gasteiger charge is 2.15. The third kappa shape index (κ3) is 3.19. The van der Waals surface area contributed by atoms with Crippen molar-refractivity contribution in [3.8, 4) is 34.3 Å². The number of aromatic nitrogens is 3. The average molecular weight is 410 g/mol. The van der Waals surface area contributed by atoms with E-state index in [1.54, 1.807) is 14.2 Å². The number of anilines is 1. The molecule has 0 bridgehead atoms. The minimum Gasteiger partial charge on any atom is -0.493 e. The second-order valence-electron chi connectivity index (χ2n) is 6.36. The molecule has 0 unspecified atom stereocenters. The van der Waals surface area contributed by atoms with Crippen molar-refractivity contribution >= 4 is 21.4 Å². The molecule has 9 heteroatoms. The Morgan fingerprint density at radius 3 is 2.79 bits per heavy atom. The van der Waals surface area contributed by atoms with E-state index in [4.69, 9.17) is 18.9 Å². The molecule has 0 aliphatic carbocycles. The van der Waals surface area contributed by atoms with Crippen molar-refractivity contribution in [3.63, 3.8) is 0 Å². The van der Waals surface area contributed by atoms with Gasteiger partial charge in [-0.15, -0.1) is 5.10 Å². The molecule has 0 fully saturated rings. The molecule has 1 aliphatic heterocycles. The number of hydrogen-bond acceptors (Lipinski definition) is 8. The maximum Gasteiger partial charge on any atom is 0.231 e. The van der Waals surface area contributed by atoms with E-state index in [1.807, 2.05) is 47.1 Å². The summed E-state index contributed by atoms with van der Waals surface area (Å²) < 4.78 is 23.3. The van der Waals surface area contributed by atoms with Crippen LogP contribution < -0.4 is 24.3 Å². The van der Waals surface area contributed by atoms with Crippen molar-refractivity contribution in [3.05, 3.63) is 48.2 Å². The SMILES string of the molecule is COc1ccc(-c2cnc3sc(NCc4ccc5c(c4)OCO5)nn23)cc1OC. The van der Waals surface area contributed by atoms with E-state index in [9.17, 15) is 0 Å². The van der Waals surface area contributed by atoms with Gasteiger partial charge in [0.2, 0.25) is 16.9 Å². The second kappa shape index (κ2) is 7.17. The average Bonchev–Trinajstić information content (AvgIpc) is 3.46. The second-order valence-corrected chi connectivity index (χ2v) is 7.31. The zero-order valence-electron chi connectivity index (χ0n) is 15.8. The van der Waals surface area contributed by atoms with E-state index in [0.29, 0.717) is 18.0 Å². The Kier molecular flexibility index (Phi) is 4.36. The summed E-state index contributed by atoms with van der Waals surface area (Å²) >= 11 is 1.49. The van der Waals surface area contributed by atoms with Gasteiger partial charge in [-0.1, -0.05) is 17.4 Å². The Morgan fingerprint density at radius 2 is 1.93 bits per heavy atom. The van der Waals surface area contributed by atoms with Crippen molar-refractivity contribution in [1.29, 1.82) is 0 Å². The summed E-state index contributed by atoms with van der Waals surface area (Å²) in [5.41, 5.74) is 2.92. The van der Waals surface area contributed by atoms with E-state index in [2.05, 4.69) is 15.4 Å². The van der Waals surface area contributed by atoms with Crippen molar-refractivity contribution in [2.75, 3.05) is 26.3 Å². The summed E-state index contributed by atoms with van der Waals surface area (Å²) in [7, 11) is 3.24. The molecular formula is C20H18N4O4S. The van der Waals surface area contributed by atoms with Crippen molar-refractivity contribution < 1.29 is 18.9 Å². The Balaban J connectivity index is 1.38. The normalized spacial score (nSPS) is 12.3.